The number of fused-ring (bicyclic) bond motifs is 1. The summed E-state index contributed by atoms with van der Waals surface area (Å²) in [5, 5.41) is 3.03. The molecule has 1 amide bonds. The van der Waals surface area contributed by atoms with Crippen molar-refractivity contribution < 1.29 is 13.2 Å². The SMILES string of the molecule is CCC(NC(=O)CN(Cc1ccccc1)S(C)(=O)=O)c1ccc2c(c1)CCCC2. The number of rotatable bonds is 8. The van der Waals surface area contributed by atoms with Gasteiger partial charge in [-0.25, -0.2) is 8.42 Å². The summed E-state index contributed by atoms with van der Waals surface area (Å²) < 4.78 is 25.6. The minimum atomic E-state index is -3.50. The van der Waals surface area contributed by atoms with E-state index in [1.54, 1.807) is 0 Å². The summed E-state index contributed by atoms with van der Waals surface area (Å²) in [6.45, 7) is 2.03. The zero-order valence-corrected chi connectivity index (χ0v) is 18.0. The molecule has 0 bridgehead atoms. The van der Waals surface area contributed by atoms with Gasteiger partial charge in [-0.2, -0.15) is 4.31 Å². The van der Waals surface area contributed by atoms with Crippen molar-refractivity contribution in [1.82, 2.24) is 9.62 Å². The monoisotopic (exact) mass is 414 g/mol. The molecule has 29 heavy (non-hydrogen) atoms. The molecule has 0 heterocycles. The summed E-state index contributed by atoms with van der Waals surface area (Å²) in [6.07, 6.45) is 6.56. The van der Waals surface area contributed by atoms with Crippen molar-refractivity contribution >= 4 is 15.9 Å². The topological polar surface area (TPSA) is 66.5 Å². The van der Waals surface area contributed by atoms with Gasteiger partial charge in [-0.15, -0.1) is 0 Å². The molecule has 0 saturated heterocycles. The second kappa shape index (κ2) is 9.55. The molecule has 6 heteroatoms. The fourth-order valence-corrected chi connectivity index (χ4v) is 4.60. The third-order valence-electron chi connectivity index (χ3n) is 5.51. The summed E-state index contributed by atoms with van der Waals surface area (Å²) >= 11 is 0. The minimum Gasteiger partial charge on any atom is -0.348 e. The molecule has 0 saturated carbocycles. The normalized spacial score (nSPS) is 15.0. The molecule has 2 aromatic carbocycles. The zero-order valence-electron chi connectivity index (χ0n) is 17.2. The van der Waals surface area contributed by atoms with E-state index in [0.29, 0.717) is 0 Å². The predicted octanol–water partition coefficient (Wildman–Crippen LogP) is 3.59. The summed E-state index contributed by atoms with van der Waals surface area (Å²) in [7, 11) is -3.50. The van der Waals surface area contributed by atoms with Crippen molar-refractivity contribution in [2.45, 2.75) is 51.6 Å². The molecule has 1 N–H and O–H groups in total. The van der Waals surface area contributed by atoms with E-state index in [0.717, 1.165) is 36.6 Å². The van der Waals surface area contributed by atoms with Crippen LogP contribution in [0.2, 0.25) is 0 Å². The van der Waals surface area contributed by atoms with Gasteiger partial charge in [0.1, 0.15) is 0 Å². The van der Waals surface area contributed by atoms with Gasteiger partial charge in [0.15, 0.2) is 0 Å². The number of nitrogens with zero attached hydrogens (tertiary/aromatic N) is 1. The quantitative estimate of drug-likeness (QED) is 0.718. The molecule has 1 atom stereocenters. The van der Waals surface area contributed by atoms with Gasteiger partial charge in [0, 0.05) is 6.54 Å². The average Bonchev–Trinajstić information content (AvgIpc) is 2.71. The molecule has 1 unspecified atom stereocenters. The van der Waals surface area contributed by atoms with Crippen LogP contribution in [0.3, 0.4) is 0 Å². The minimum absolute atomic E-state index is 0.118. The molecule has 1 aliphatic carbocycles. The van der Waals surface area contributed by atoms with Gasteiger partial charge in [0.25, 0.3) is 0 Å². The smallest absolute Gasteiger partial charge is 0.235 e. The number of benzene rings is 2. The van der Waals surface area contributed by atoms with E-state index in [1.807, 2.05) is 37.3 Å². The average molecular weight is 415 g/mol. The van der Waals surface area contributed by atoms with E-state index in [1.165, 1.54) is 28.3 Å². The van der Waals surface area contributed by atoms with Crippen LogP contribution in [0.15, 0.2) is 48.5 Å². The van der Waals surface area contributed by atoms with Crippen molar-refractivity contribution in [3.63, 3.8) is 0 Å². The Morgan fingerprint density at radius 3 is 2.41 bits per heavy atom. The van der Waals surface area contributed by atoms with Gasteiger partial charge >= 0.3 is 0 Å². The molecular weight excluding hydrogens is 384 g/mol. The molecule has 0 radical (unpaired) electrons. The van der Waals surface area contributed by atoms with Crippen LogP contribution < -0.4 is 5.32 Å². The fraction of sp³-hybridized carbons (Fsp3) is 0.435. The number of nitrogens with one attached hydrogen (secondary N) is 1. The third-order valence-corrected chi connectivity index (χ3v) is 6.71. The van der Waals surface area contributed by atoms with Gasteiger partial charge in [0.05, 0.1) is 18.8 Å². The Morgan fingerprint density at radius 1 is 1.07 bits per heavy atom. The number of aryl methyl sites for hydroxylation is 2. The number of hydrogen-bond donors (Lipinski definition) is 1. The molecule has 0 aliphatic heterocycles. The first-order valence-electron chi connectivity index (χ1n) is 10.3. The van der Waals surface area contributed by atoms with Crippen LogP contribution in [-0.2, 0) is 34.2 Å². The molecule has 2 aromatic rings. The Hall–Kier alpha value is -2.18. The molecular formula is C23H30N2O3S. The van der Waals surface area contributed by atoms with Crippen LogP contribution in [0.5, 0.6) is 0 Å². The van der Waals surface area contributed by atoms with E-state index < -0.39 is 10.0 Å². The van der Waals surface area contributed by atoms with E-state index in [2.05, 4.69) is 23.5 Å². The van der Waals surface area contributed by atoms with Gasteiger partial charge in [-0.1, -0.05) is 55.5 Å². The largest absolute Gasteiger partial charge is 0.348 e. The van der Waals surface area contributed by atoms with E-state index in [4.69, 9.17) is 0 Å². The highest BCUT2D eigenvalue weighted by Gasteiger charge is 2.23. The highest BCUT2D eigenvalue weighted by atomic mass is 32.2. The molecule has 0 aromatic heterocycles. The van der Waals surface area contributed by atoms with Crippen LogP contribution in [-0.4, -0.2) is 31.4 Å². The lowest BCUT2D eigenvalue weighted by Gasteiger charge is -2.24. The summed E-state index contributed by atoms with van der Waals surface area (Å²) in [6, 6.07) is 15.7. The van der Waals surface area contributed by atoms with Crippen molar-refractivity contribution in [2.24, 2.45) is 0 Å². The Balaban J connectivity index is 1.69. The van der Waals surface area contributed by atoms with Crippen molar-refractivity contribution in [1.29, 1.82) is 0 Å². The first-order chi connectivity index (χ1) is 13.9. The fourth-order valence-electron chi connectivity index (χ4n) is 3.87. The number of carbonyl (C=O) groups is 1. The van der Waals surface area contributed by atoms with Gasteiger partial charge in [0.2, 0.25) is 15.9 Å². The highest BCUT2D eigenvalue weighted by molar-refractivity contribution is 7.88. The summed E-state index contributed by atoms with van der Waals surface area (Å²) in [5.74, 6) is -0.282. The lowest BCUT2D eigenvalue weighted by Crippen LogP contribution is -2.41. The maximum Gasteiger partial charge on any atom is 0.235 e. The maximum absolute atomic E-state index is 12.7. The Labute approximate surface area is 174 Å². The van der Waals surface area contributed by atoms with Crippen molar-refractivity contribution in [2.75, 3.05) is 12.8 Å². The number of carbonyl (C=O) groups excluding carboxylic acids is 1. The number of hydrogen-bond acceptors (Lipinski definition) is 3. The maximum atomic E-state index is 12.7. The molecule has 0 spiro atoms. The second-order valence-electron chi connectivity index (χ2n) is 7.78. The van der Waals surface area contributed by atoms with E-state index >= 15 is 0 Å². The first-order valence-corrected chi connectivity index (χ1v) is 12.1. The molecule has 0 fully saturated rings. The highest BCUT2D eigenvalue weighted by Crippen LogP contribution is 2.26. The molecule has 3 rings (SSSR count). The lowest BCUT2D eigenvalue weighted by molar-refractivity contribution is -0.122. The van der Waals surface area contributed by atoms with Crippen LogP contribution >= 0.6 is 0 Å². The van der Waals surface area contributed by atoms with E-state index in [9.17, 15) is 13.2 Å². The zero-order chi connectivity index (χ0) is 20.9. The number of sulfonamides is 1. The van der Waals surface area contributed by atoms with Crippen LogP contribution in [0.25, 0.3) is 0 Å². The molecule has 156 valence electrons. The Bertz CT molecular complexity index is 942. The van der Waals surface area contributed by atoms with Crippen molar-refractivity contribution in [3.8, 4) is 0 Å². The summed E-state index contributed by atoms with van der Waals surface area (Å²) in [4.78, 5) is 12.7. The first kappa shape index (κ1) is 21.5. The third kappa shape index (κ3) is 5.90. The Morgan fingerprint density at radius 2 is 1.76 bits per heavy atom. The van der Waals surface area contributed by atoms with Gasteiger partial charge in [-0.05, 0) is 54.4 Å². The standard InChI is InChI=1S/C23H30N2O3S/c1-3-22(21-14-13-19-11-7-8-12-20(19)15-21)24-23(26)17-25(29(2,27)28)16-18-9-5-4-6-10-18/h4-6,9-10,13-15,22H,3,7-8,11-12,16-17H2,1-2H3,(H,24,26). The van der Waals surface area contributed by atoms with Crippen LogP contribution in [0.4, 0.5) is 0 Å². The van der Waals surface area contributed by atoms with Crippen LogP contribution in [0, 0.1) is 0 Å². The molecule has 5 nitrogen and oxygen atoms in total. The van der Waals surface area contributed by atoms with E-state index in [-0.39, 0.29) is 25.0 Å². The second-order valence-corrected chi connectivity index (χ2v) is 9.76. The number of amides is 1. The molecule has 1 aliphatic rings. The summed E-state index contributed by atoms with van der Waals surface area (Å²) in [5.41, 5.74) is 4.73. The van der Waals surface area contributed by atoms with Crippen molar-refractivity contribution in [3.05, 3.63) is 70.8 Å². The van der Waals surface area contributed by atoms with Crippen LogP contribution in [0.1, 0.15) is 54.5 Å². The predicted molar refractivity (Wildman–Crippen MR) is 116 cm³/mol. The van der Waals surface area contributed by atoms with Gasteiger partial charge in [-0.3, -0.25) is 4.79 Å². The van der Waals surface area contributed by atoms with Gasteiger partial charge < -0.3 is 5.32 Å². The lowest BCUT2D eigenvalue weighted by atomic mass is 9.89. The Kier molecular flexibility index (Phi) is 7.09.